The molecule has 2 aromatic rings. The van der Waals surface area contributed by atoms with Crippen LogP contribution in [0.5, 0.6) is 0 Å². The van der Waals surface area contributed by atoms with E-state index in [0.717, 1.165) is 10.8 Å². The Hall–Kier alpha value is -1.72. The van der Waals surface area contributed by atoms with Crippen molar-refractivity contribution in [3.8, 4) is 0 Å². The lowest BCUT2D eigenvalue weighted by Gasteiger charge is -2.22. The summed E-state index contributed by atoms with van der Waals surface area (Å²) in [4.78, 5) is 12.3. The highest BCUT2D eigenvalue weighted by Crippen LogP contribution is 2.22. The third kappa shape index (κ3) is 3.89. The molecule has 4 N–H and O–H groups in total. The molecule has 0 heterocycles. The topological polar surface area (TPSA) is 75.3 Å². The van der Waals surface area contributed by atoms with Gasteiger partial charge in [-0.25, -0.2) is 0 Å². The second kappa shape index (κ2) is 6.37. The van der Waals surface area contributed by atoms with Gasteiger partial charge in [0.05, 0.1) is 11.2 Å². The molecule has 0 radical (unpaired) electrons. The van der Waals surface area contributed by atoms with Gasteiger partial charge >= 0.3 is 0 Å². The summed E-state index contributed by atoms with van der Waals surface area (Å²) in [5.41, 5.74) is 5.91. The van der Waals surface area contributed by atoms with Crippen LogP contribution in [0.3, 0.4) is 0 Å². The van der Waals surface area contributed by atoms with Crippen LogP contribution >= 0.6 is 11.8 Å². The zero-order chi connectivity index (χ0) is 15.5. The number of amides is 1. The Kier molecular flexibility index (Phi) is 4.75. The molecule has 4 nitrogen and oxygen atoms in total. The zero-order valence-corrected chi connectivity index (χ0v) is 13.0. The largest absolute Gasteiger partial charge is 0.398 e. The molecule has 0 aliphatic heterocycles. The lowest BCUT2D eigenvalue weighted by Crippen LogP contribution is -2.42. The van der Waals surface area contributed by atoms with Gasteiger partial charge in [-0.2, -0.15) is 11.8 Å². The predicted molar refractivity (Wildman–Crippen MR) is 89.7 cm³/mol. The van der Waals surface area contributed by atoms with E-state index < -0.39 is 5.60 Å². The zero-order valence-electron chi connectivity index (χ0n) is 12.2. The van der Waals surface area contributed by atoms with E-state index >= 15 is 0 Å². The first-order valence-electron chi connectivity index (χ1n) is 6.71. The lowest BCUT2D eigenvalue weighted by atomic mass is 10.0. The molecular weight excluding hydrogens is 284 g/mol. The number of hydrogen-bond donors (Lipinski definition) is 3. The first-order valence-corrected chi connectivity index (χ1v) is 8.10. The minimum atomic E-state index is -0.930. The summed E-state index contributed by atoms with van der Waals surface area (Å²) < 4.78 is 0. The van der Waals surface area contributed by atoms with Crippen LogP contribution < -0.4 is 11.1 Å². The molecule has 112 valence electrons. The molecular formula is C16H20N2O2S. The van der Waals surface area contributed by atoms with E-state index in [4.69, 9.17) is 5.73 Å². The van der Waals surface area contributed by atoms with E-state index in [9.17, 15) is 9.90 Å². The molecule has 0 aliphatic carbocycles. The fourth-order valence-corrected chi connectivity index (χ4v) is 2.91. The minimum absolute atomic E-state index is 0.193. The van der Waals surface area contributed by atoms with Crippen LogP contribution in [0.2, 0.25) is 0 Å². The van der Waals surface area contributed by atoms with Crippen LogP contribution in [0.15, 0.2) is 36.4 Å². The molecule has 1 unspecified atom stereocenters. The van der Waals surface area contributed by atoms with Crippen molar-refractivity contribution in [2.24, 2.45) is 0 Å². The Bertz CT molecular complexity index is 656. The minimum Gasteiger partial charge on any atom is -0.398 e. The number of nitrogen functional groups attached to an aromatic ring is 1. The third-order valence-electron chi connectivity index (χ3n) is 3.25. The number of nitrogens with one attached hydrogen (secondary N) is 1. The number of anilines is 1. The highest BCUT2D eigenvalue weighted by molar-refractivity contribution is 7.98. The number of carbonyl (C=O) groups is 1. The quantitative estimate of drug-likeness (QED) is 0.741. The Morgan fingerprint density at radius 2 is 1.95 bits per heavy atom. The Morgan fingerprint density at radius 1 is 1.33 bits per heavy atom. The van der Waals surface area contributed by atoms with Crippen molar-refractivity contribution >= 4 is 34.1 Å². The molecule has 0 aliphatic rings. The van der Waals surface area contributed by atoms with Crippen molar-refractivity contribution in [3.05, 3.63) is 42.0 Å². The van der Waals surface area contributed by atoms with Gasteiger partial charge in [0, 0.05) is 18.0 Å². The van der Waals surface area contributed by atoms with Crippen molar-refractivity contribution in [3.63, 3.8) is 0 Å². The highest BCUT2D eigenvalue weighted by atomic mass is 32.2. The third-order valence-corrected chi connectivity index (χ3v) is 4.16. The molecule has 0 saturated heterocycles. The SMILES string of the molecule is CSCC(C)(O)CNC(=O)c1cc2ccccc2cc1N. The number of carbonyl (C=O) groups excluding carboxylic acids is 1. The van der Waals surface area contributed by atoms with Gasteiger partial charge in [0.25, 0.3) is 5.91 Å². The molecule has 2 rings (SSSR count). The van der Waals surface area contributed by atoms with Crippen molar-refractivity contribution in [1.82, 2.24) is 5.32 Å². The molecule has 0 aromatic heterocycles. The predicted octanol–water partition coefficient (Wildman–Crippen LogP) is 2.27. The summed E-state index contributed by atoms with van der Waals surface area (Å²) in [6.45, 7) is 1.90. The maximum atomic E-state index is 12.3. The van der Waals surface area contributed by atoms with Gasteiger partial charge in [-0.15, -0.1) is 0 Å². The molecule has 0 saturated carbocycles. The van der Waals surface area contributed by atoms with Gasteiger partial charge < -0.3 is 16.2 Å². The van der Waals surface area contributed by atoms with Crippen molar-refractivity contribution in [2.45, 2.75) is 12.5 Å². The summed E-state index contributed by atoms with van der Waals surface area (Å²) >= 11 is 1.54. The highest BCUT2D eigenvalue weighted by Gasteiger charge is 2.21. The molecule has 0 fully saturated rings. The van der Waals surface area contributed by atoms with Crippen LogP contribution in [0.4, 0.5) is 5.69 Å². The molecule has 1 amide bonds. The van der Waals surface area contributed by atoms with Crippen molar-refractivity contribution < 1.29 is 9.90 Å². The Labute approximate surface area is 128 Å². The first-order chi connectivity index (χ1) is 9.93. The standard InChI is InChI=1S/C16H20N2O2S/c1-16(20,10-21-2)9-18-15(19)13-7-11-5-3-4-6-12(11)8-14(13)17/h3-8,20H,9-10,17H2,1-2H3,(H,18,19). The second-order valence-corrected chi connectivity index (χ2v) is 6.27. The lowest BCUT2D eigenvalue weighted by molar-refractivity contribution is 0.0725. The van der Waals surface area contributed by atoms with Gasteiger partial charge in [0.15, 0.2) is 0 Å². The van der Waals surface area contributed by atoms with Crippen LogP contribution in [-0.2, 0) is 0 Å². The summed E-state index contributed by atoms with van der Waals surface area (Å²) in [6.07, 6.45) is 1.91. The first kappa shape index (κ1) is 15.7. The van der Waals surface area contributed by atoms with E-state index in [0.29, 0.717) is 17.0 Å². The van der Waals surface area contributed by atoms with Gasteiger partial charge in [-0.3, -0.25) is 4.79 Å². The van der Waals surface area contributed by atoms with Gasteiger partial charge in [0.1, 0.15) is 0 Å². The number of benzene rings is 2. The van der Waals surface area contributed by atoms with Crippen LogP contribution in [0.1, 0.15) is 17.3 Å². The Morgan fingerprint density at radius 3 is 2.57 bits per heavy atom. The van der Waals surface area contributed by atoms with E-state index in [1.807, 2.05) is 30.5 Å². The van der Waals surface area contributed by atoms with Crippen molar-refractivity contribution in [1.29, 1.82) is 0 Å². The summed E-state index contributed by atoms with van der Waals surface area (Å²) in [6, 6.07) is 11.3. The smallest absolute Gasteiger partial charge is 0.253 e. The number of rotatable bonds is 5. The molecule has 0 spiro atoms. The van der Waals surface area contributed by atoms with E-state index in [-0.39, 0.29) is 12.5 Å². The molecule has 5 heteroatoms. The van der Waals surface area contributed by atoms with E-state index in [1.54, 1.807) is 19.1 Å². The average Bonchev–Trinajstić information content (AvgIpc) is 2.44. The van der Waals surface area contributed by atoms with E-state index in [1.165, 1.54) is 11.8 Å². The molecule has 0 bridgehead atoms. The van der Waals surface area contributed by atoms with Gasteiger partial charge in [-0.1, -0.05) is 24.3 Å². The maximum Gasteiger partial charge on any atom is 0.253 e. The van der Waals surface area contributed by atoms with Crippen LogP contribution in [0.25, 0.3) is 10.8 Å². The van der Waals surface area contributed by atoms with Gasteiger partial charge in [-0.05, 0) is 36.1 Å². The normalized spacial score (nSPS) is 13.9. The average molecular weight is 304 g/mol. The molecule has 2 aromatic carbocycles. The van der Waals surface area contributed by atoms with Crippen LogP contribution in [-0.4, -0.2) is 35.2 Å². The van der Waals surface area contributed by atoms with Gasteiger partial charge in [0.2, 0.25) is 0 Å². The second-order valence-electron chi connectivity index (χ2n) is 5.40. The number of hydrogen-bond acceptors (Lipinski definition) is 4. The molecule has 21 heavy (non-hydrogen) atoms. The maximum absolute atomic E-state index is 12.3. The Balaban J connectivity index is 2.17. The summed E-state index contributed by atoms with van der Waals surface area (Å²) in [7, 11) is 0. The molecule has 1 atom stereocenters. The number of aliphatic hydroxyl groups is 1. The van der Waals surface area contributed by atoms with E-state index in [2.05, 4.69) is 5.32 Å². The fourth-order valence-electron chi connectivity index (χ4n) is 2.18. The number of thioether (sulfide) groups is 1. The van der Waals surface area contributed by atoms with Crippen molar-refractivity contribution in [2.75, 3.05) is 24.3 Å². The summed E-state index contributed by atoms with van der Waals surface area (Å²) in [5, 5.41) is 14.8. The van der Waals surface area contributed by atoms with Crippen LogP contribution in [0, 0.1) is 0 Å². The fraction of sp³-hybridized carbons (Fsp3) is 0.312. The number of fused-ring (bicyclic) bond motifs is 1. The number of nitrogens with two attached hydrogens (primary N) is 1. The summed E-state index contributed by atoms with van der Waals surface area (Å²) in [5.74, 6) is 0.292. The monoisotopic (exact) mass is 304 g/mol.